The Balaban J connectivity index is 2.12. The highest BCUT2D eigenvalue weighted by Crippen LogP contribution is 2.25. The van der Waals surface area contributed by atoms with E-state index < -0.39 is 0 Å². The molecule has 2 unspecified atom stereocenters. The van der Waals surface area contributed by atoms with E-state index in [0.29, 0.717) is 0 Å². The summed E-state index contributed by atoms with van der Waals surface area (Å²) in [6.45, 7) is 6.19. The van der Waals surface area contributed by atoms with Gasteiger partial charge in [0.25, 0.3) is 0 Å². The van der Waals surface area contributed by atoms with Crippen LogP contribution in [0.25, 0.3) is 0 Å². The second-order valence-corrected chi connectivity index (χ2v) is 6.37. The molecular weight excluding hydrogens is 262 g/mol. The monoisotopic (exact) mass is 289 g/mol. The van der Waals surface area contributed by atoms with Gasteiger partial charge in [0, 0.05) is 6.04 Å². The molecule has 2 atom stereocenters. The van der Waals surface area contributed by atoms with Crippen molar-refractivity contribution in [2.45, 2.75) is 58.5 Å². The van der Waals surface area contributed by atoms with Gasteiger partial charge in [0.05, 0.1) is 7.11 Å². The first-order valence-electron chi connectivity index (χ1n) is 7.98. The second-order valence-electron chi connectivity index (χ2n) is 6.37. The van der Waals surface area contributed by atoms with Crippen LogP contribution in [-0.2, 0) is 22.4 Å². The number of rotatable bonds is 5. The number of hydrogen-bond acceptors (Lipinski definition) is 3. The van der Waals surface area contributed by atoms with Crippen molar-refractivity contribution in [3.05, 3.63) is 34.9 Å². The predicted molar refractivity (Wildman–Crippen MR) is 85.3 cm³/mol. The molecule has 0 bridgehead atoms. The molecule has 0 saturated heterocycles. The molecule has 1 aliphatic carbocycles. The van der Waals surface area contributed by atoms with E-state index >= 15 is 0 Å². The fourth-order valence-corrected chi connectivity index (χ4v) is 3.05. The molecule has 0 heterocycles. The third kappa shape index (κ3) is 3.85. The van der Waals surface area contributed by atoms with Crippen LogP contribution in [0.5, 0.6) is 0 Å². The molecule has 0 radical (unpaired) electrons. The minimum Gasteiger partial charge on any atom is -0.468 e. The van der Waals surface area contributed by atoms with E-state index in [1.807, 2.05) is 13.8 Å². The van der Waals surface area contributed by atoms with Crippen molar-refractivity contribution in [3.63, 3.8) is 0 Å². The topological polar surface area (TPSA) is 38.3 Å². The zero-order valence-corrected chi connectivity index (χ0v) is 13.6. The zero-order valence-electron chi connectivity index (χ0n) is 13.6. The highest BCUT2D eigenvalue weighted by atomic mass is 16.5. The molecule has 1 aromatic rings. The van der Waals surface area contributed by atoms with Crippen LogP contribution in [0, 0.1) is 5.92 Å². The van der Waals surface area contributed by atoms with Gasteiger partial charge < -0.3 is 4.74 Å². The van der Waals surface area contributed by atoms with E-state index in [-0.39, 0.29) is 24.0 Å². The van der Waals surface area contributed by atoms with Gasteiger partial charge in [-0.2, -0.15) is 0 Å². The standard InChI is InChI=1S/C18H27NO2/c1-12(2)17(18(20)21-4)19-13(3)15-10-9-14-7-5-6-8-16(14)11-15/h9-13,17,19H,5-8H2,1-4H3. The van der Waals surface area contributed by atoms with Crippen molar-refractivity contribution >= 4 is 5.97 Å². The number of carbonyl (C=O) groups excluding carboxylic acids is 1. The first kappa shape index (κ1) is 16.0. The lowest BCUT2D eigenvalue weighted by Crippen LogP contribution is -2.43. The van der Waals surface area contributed by atoms with Crippen LogP contribution >= 0.6 is 0 Å². The largest absolute Gasteiger partial charge is 0.468 e. The van der Waals surface area contributed by atoms with Gasteiger partial charge in [0.1, 0.15) is 6.04 Å². The second kappa shape index (κ2) is 7.08. The van der Waals surface area contributed by atoms with Crippen molar-refractivity contribution < 1.29 is 9.53 Å². The van der Waals surface area contributed by atoms with E-state index in [0.717, 1.165) is 0 Å². The Morgan fingerprint density at radius 2 is 1.81 bits per heavy atom. The van der Waals surface area contributed by atoms with Gasteiger partial charge in [0.15, 0.2) is 0 Å². The van der Waals surface area contributed by atoms with Gasteiger partial charge >= 0.3 is 5.97 Å². The van der Waals surface area contributed by atoms with Crippen molar-refractivity contribution in [1.82, 2.24) is 5.32 Å². The van der Waals surface area contributed by atoms with Crippen LogP contribution in [0.15, 0.2) is 18.2 Å². The SMILES string of the molecule is COC(=O)C(NC(C)c1ccc2c(c1)CCCC2)C(C)C. The summed E-state index contributed by atoms with van der Waals surface area (Å²) in [6, 6.07) is 6.63. The Hall–Kier alpha value is -1.35. The number of carbonyl (C=O) groups is 1. The molecule has 0 aromatic heterocycles. The molecule has 1 aromatic carbocycles. The lowest BCUT2D eigenvalue weighted by Gasteiger charge is -2.25. The number of nitrogens with one attached hydrogen (secondary N) is 1. The highest BCUT2D eigenvalue weighted by molar-refractivity contribution is 5.76. The molecule has 0 aliphatic heterocycles. The average Bonchev–Trinajstić information content (AvgIpc) is 2.50. The lowest BCUT2D eigenvalue weighted by molar-refractivity contribution is -0.144. The Morgan fingerprint density at radius 1 is 1.14 bits per heavy atom. The maximum atomic E-state index is 11.9. The summed E-state index contributed by atoms with van der Waals surface area (Å²) in [5.74, 6) is 0.0207. The number of fused-ring (bicyclic) bond motifs is 1. The third-order valence-corrected chi connectivity index (χ3v) is 4.42. The fourth-order valence-electron chi connectivity index (χ4n) is 3.05. The summed E-state index contributed by atoms with van der Waals surface area (Å²) >= 11 is 0. The number of methoxy groups -OCH3 is 1. The summed E-state index contributed by atoms with van der Waals surface area (Å²) in [7, 11) is 1.45. The third-order valence-electron chi connectivity index (χ3n) is 4.42. The van der Waals surface area contributed by atoms with Crippen LogP contribution in [0.3, 0.4) is 0 Å². The molecule has 0 amide bonds. The normalized spacial score (nSPS) is 17.2. The molecule has 3 nitrogen and oxygen atoms in total. The minimum absolute atomic E-state index is 0.142. The van der Waals surface area contributed by atoms with Crippen LogP contribution in [0.4, 0.5) is 0 Å². The van der Waals surface area contributed by atoms with Gasteiger partial charge in [-0.25, -0.2) is 0 Å². The molecule has 1 N–H and O–H groups in total. The lowest BCUT2D eigenvalue weighted by atomic mass is 9.89. The first-order chi connectivity index (χ1) is 10.0. The number of ether oxygens (including phenoxy) is 1. The van der Waals surface area contributed by atoms with Gasteiger partial charge in [-0.05, 0) is 55.2 Å². The quantitative estimate of drug-likeness (QED) is 0.844. The van der Waals surface area contributed by atoms with Gasteiger partial charge in [0.2, 0.25) is 0 Å². The van der Waals surface area contributed by atoms with Crippen LogP contribution in [0.1, 0.15) is 56.3 Å². The molecule has 0 saturated carbocycles. The maximum absolute atomic E-state index is 11.9. The Bertz CT molecular complexity index is 496. The number of benzene rings is 1. The molecule has 1 aliphatic rings. The summed E-state index contributed by atoms with van der Waals surface area (Å²) < 4.78 is 4.90. The Morgan fingerprint density at radius 3 is 2.43 bits per heavy atom. The molecule has 0 spiro atoms. The van der Waals surface area contributed by atoms with Crippen molar-refractivity contribution in [3.8, 4) is 0 Å². The average molecular weight is 289 g/mol. The highest BCUT2D eigenvalue weighted by Gasteiger charge is 2.25. The number of aryl methyl sites for hydroxylation is 2. The van der Waals surface area contributed by atoms with E-state index in [1.165, 1.54) is 49.5 Å². The summed E-state index contributed by atoms with van der Waals surface area (Å²) in [4.78, 5) is 11.9. The molecule has 0 fully saturated rings. The van der Waals surface area contributed by atoms with Crippen LogP contribution in [0.2, 0.25) is 0 Å². The summed E-state index contributed by atoms with van der Waals surface area (Å²) in [6.07, 6.45) is 4.97. The summed E-state index contributed by atoms with van der Waals surface area (Å²) in [5, 5.41) is 3.42. The van der Waals surface area contributed by atoms with Crippen LogP contribution in [-0.4, -0.2) is 19.1 Å². The number of hydrogen-bond donors (Lipinski definition) is 1. The van der Waals surface area contributed by atoms with Gasteiger partial charge in [-0.3, -0.25) is 10.1 Å². The van der Waals surface area contributed by atoms with E-state index in [1.54, 1.807) is 0 Å². The number of esters is 1. The molecule has 21 heavy (non-hydrogen) atoms. The van der Waals surface area contributed by atoms with Gasteiger partial charge in [-0.1, -0.05) is 32.0 Å². The zero-order chi connectivity index (χ0) is 15.4. The fraction of sp³-hybridized carbons (Fsp3) is 0.611. The van der Waals surface area contributed by atoms with Gasteiger partial charge in [-0.15, -0.1) is 0 Å². The minimum atomic E-state index is -0.263. The van der Waals surface area contributed by atoms with Crippen LogP contribution < -0.4 is 5.32 Å². The van der Waals surface area contributed by atoms with Crippen molar-refractivity contribution in [1.29, 1.82) is 0 Å². The maximum Gasteiger partial charge on any atom is 0.323 e. The molecule has 3 heteroatoms. The molecule has 2 rings (SSSR count). The molecular formula is C18H27NO2. The summed E-state index contributed by atoms with van der Waals surface area (Å²) in [5.41, 5.74) is 4.22. The van der Waals surface area contributed by atoms with Crippen molar-refractivity contribution in [2.24, 2.45) is 5.92 Å². The first-order valence-corrected chi connectivity index (χ1v) is 7.98. The van der Waals surface area contributed by atoms with E-state index in [2.05, 4.69) is 30.4 Å². The van der Waals surface area contributed by atoms with E-state index in [9.17, 15) is 4.79 Å². The smallest absolute Gasteiger partial charge is 0.323 e. The Kier molecular flexibility index (Phi) is 5.40. The van der Waals surface area contributed by atoms with E-state index in [4.69, 9.17) is 4.74 Å². The Labute approximate surface area is 128 Å². The molecule has 116 valence electrons. The van der Waals surface area contributed by atoms with Crippen molar-refractivity contribution in [2.75, 3.05) is 7.11 Å². The predicted octanol–water partition coefficient (Wildman–Crippen LogP) is 3.41.